The lowest BCUT2D eigenvalue weighted by molar-refractivity contribution is -0.122. The molecule has 3 N–H and O–H groups in total. The van der Waals surface area contributed by atoms with Crippen LogP contribution in [0.25, 0.3) is 0 Å². The fourth-order valence-electron chi connectivity index (χ4n) is 2.66. The molecule has 0 aliphatic carbocycles. The van der Waals surface area contributed by atoms with Gasteiger partial charge in [-0.3, -0.25) is 9.69 Å². The minimum Gasteiger partial charge on any atom is -0.398 e. The van der Waals surface area contributed by atoms with E-state index < -0.39 is 0 Å². The molecule has 1 amide bonds. The molecular weight excluding hydrogens is 282 g/mol. The lowest BCUT2D eigenvalue weighted by Gasteiger charge is -2.29. The monoisotopic (exact) mass is 301 g/mol. The molecule has 0 atom stereocenters. The van der Waals surface area contributed by atoms with Crippen molar-refractivity contribution < 1.29 is 4.79 Å². The number of thiophene rings is 1. The van der Waals surface area contributed by atoms with Gasteiger partial charge in [-0.05, 0) is 35.1 Å². The number of anilines is 1. The second kappa shape index (κ2) is 6.28. The highest BCUT2D eigenvalue weighted by molar-refractivity contribution is 7.09. The number of carbonyl (C=O) groups is 1. The van der Waals surface area contributed by atoms with Gasteiger partial charge in [0.15, 0.2) is 0 Å². The van der Waals surface area contributed by atoms with Crippen LogP contribution in [0.4, 0.5) is 5.69 Å². The van der Waals surface area contributed by atoms with Crippen LogP contribution in [0.1, 0.15) is 16.0 Å². The molecule has 0 fully saturated rings. The molecule has 0 saturated heterocycles. The van der Waals surface area contributed by atoms with Crippen LogP contribution in [0.2, 0.25) is 0 Å². The summed E-state index contributed by atoms with van der Waals surface area (Å²) in [4.78, 5) is 15.4. The maximum Gasteiger partial charge on any atom is 0.234 e. The largest absolute Gasteiger partial charge is 0.398 e. The molecule has 1 aliphatic rings. The molecule has 0 spiro atoms. The van der Waals surface area contributed by atoms with E-state index in [-0.39, 0.29) is 5.91 Å². The smallest absolute Gasteiger partial charge is 0.234 e. The van der Waals surface area contributed by atoms with E-state index in [2.05, 4.69) is 16.3 Å². The number of nitrogens with zero attached hydrogens (tertiary/aromatic N) is 1. The maximum atomic E-state index is 12.0. The van der Waals surface area contributed by atoms with Crippen molar-refractivity contribution in [3.05, 3.63) is 51.7 Å². The Kier molecular flexibility index (Phi) is 4.22. The molecule has 3 rings (SSSR count). The van der Waals surface area contributed by atoms with E-state index in [0.717, 1.165) is 25.2 Å². The quantitative estimate of drug-likeness (QED) is 0.849. The van der Waals surface area contributed by atoms with Gasteiger partial charge in [-0.1, -0.05) is 18.2 Å². The lowest BCUT2D eigenvalue weighted by atomic mass is 9.98. The van der Waals surface area contributed by atoms with E-state index >= 15 is 0 Å². The van der Waals surface area contributed by atoms with Gasteiger partial charge in [-0.25, -0.2) is 0 Å². The Labute approximate surface area is 128 Å². The number of fused-ring (bicyclic) bond motifs is 1. The predicted molar refractivity (Wildman–Crippen MR) is 86.0 cm³/mol. The number of carbonyl (C=O) groups excluding carboxylic acids is 1. The van der Waals surface area contributed by atoms with Crippen molar-refractivity contribution in [3.8, 4) is 0 Å². The third-order valence-electron chi connectivity index (χ3n) is 3.80. The molecular formula is C16H19N3OS. The van der Waals surface area contributed by atoms with Crippen molar-refractivity contribution >= 4 is 22.9 Å². The zero-order valence-corrected chi connectivity index (χ0v) is 12.7. The normalized spacial score (nSPS) is 14.7. The fourth-order valence-corrected chi connectivity index (χ4v) is 3.30. The van der Waals surface area contributed by atoms with Crippen LogP contribution in [0.3, 0.4) is 0 Å². The van der Waals surface area contributed by atoms with Crippen molar-refractivity contribution in [3.63, 3.8) is 0 Å². The number of hydrogen-bond acceptors (Lipinski definition) is 4. The van der Waals surface area contributed by atoms with Crippen LogP contribution in [-0.2, 0) is 24.3 Å². The predicted octanol–water partition coefficient (Wildman–Crippen LogP) is 2.00. The summed E-state index contributed by atoms with van der Waals surface area (Å²) in [6.45, 7) is 2.71. The van der Waals surface area contributed by atoms with Gasteiger partial charge in [0.05, 0.1) is 13.1 Å². The third-order valence-corrected chi connectivity index (χ3v) is 4.67. The molecule has 2 aromatic rings. The van der Waals surface area contributed by atoms with Crippen molar-refractivity contribution in [2.45, 2.75) is 19.5 Å². The average Bonchev–Trinajstić information content (AvgIpc) is 2.99. The number of rotatable bonds is 4. The van der Waals surface area contributed by atoms with Crippen molar-refractivity contribution in [1.29, 1.82) is 0 Å². The van der Waals surface area contributed by atoms with Gasteiger partial charge in [0.2, 0.25) is 5.91 Å². The minimum atomic E-state index is 0.0707. The van der Waals surface area contributed by atoms with Gasteiger partial charge in [-0.15, -0.1) is 11.3 Å². The first kappa shape index (κ1) is 14.1. The Bertz CT molecular complexity index is 624. The summed E-state index contributed by atoms with van der Waals surface area (Å²) >= 11 is 1.66. The van der Waals surface area contributed by atoms with Gasteiger partial charge >= 0.3 is 0 Å². The molecule has 1 aromatic carbocycles. The lowest BCUT2D eigenvalue weighted by Crippen LogP contribution is -2.39. The van der Waals surface area contributed by atoms with Crippen LogP contribution in [0, 0.1) is 0 Å². The number of nitrogens with one attached hydrogen (secondary N) is 1. The third kappa shape index (κ3) is 3.43. The van der Waals surface area contributed by atoms with Crippen LogP contribution in [0.15, 0.2) is 35.7 Å². The number of hydrogen-bond donors (Lipinski definition) is 2. The molecule has 0 saturated carbocycles. The second-order valence-electron chi connectivity index (χ2n) is 5.30. The first-order valence-corrected chi connectivity index (χ1v) is 7.98. The van der Waals surface area contributed by atoms with Crippen molar-refractivity contribution in [2.75, 3.05) is 18.8 Å². The Morgan fingerprint density at radius 3 is 3.05 bits per heavy atom. The zero-order chi connectivity index (χ0) is 14.7. The molecule has 0 radical (unpaired) electrons. The molecule has 4 nitrogen and oxygen atoms in total. The van der Waals surface area contributed by atoms with Crippen LogP contribution in [-0.4, -0.2) is 23.9 Å². The van der Waals surface area contributed by atoms with Gasteiger partial charge < -0.3 is 11.1 Å². The Hall–Kier alpha value is -1.85. The van der Waals surface area contributed by atoms with Gasteiger partial charge in [0.25, 0.3) is 0 Å². The van der Waals surface area contributed by atoms with Crippen LogP contribution in [0.5, 0.6) is 0 Å². The van der Waals surface area contributed by atoms with Gasteiger partial charge in [0, 0.05) is 23.7 Å². The number of nitrogen functional groups attached to an aromatic ring is 1. The zero-order valence-electron chi connectivity index (χ0n) is 11.8. The van der Waals surface area contributed by atoms with E-state index in [9.17, 15) is 4.79 Å². The second-order valence-corrected chi connectivity index (χ2v) is 6.33. The summed E-state index contributed by atoms with van der Waals surface area (Å²) < 4.78 is 0. The summed E-state index contributed by atoms with van der Waals surface area (Å²) in [5.41, 5.74) is 9.35. The number of benzene rings is 1. The van der Waals surface area contributed by atoms with E-state index in [4.69, 9.17) is 5.73 Å². The standard InChI is InChI=1S/C16H19N3OS/c17-15-5-1-3-12-6-7-19(10-14(12)15)11-16(20)18-9-13-4-2-8-21-13/h1-5,8H,6-7,9-11,17H2,(H,18,20). The molecule has 2 heterocycles. The summed E-state index contributed by atoms with van der Waals surface area (Å²) in [6.07, 6.45) is 0.957. The van der Waals surface area contributed by atoms with Gasteiger partial charge in [-0.2, -0.15) is 0 Å². The molecule has 0 bridgehead atoms. The van der Waals surface area contributed by atoms with E-state index in [0.29, 0.717) is 13.1 Å². The summed E-state index contributed by atoms with van der Waals surface area (Å²) in [6, 6.07) is 10.1. The maximum absolute atomic E-state index is 12.0. The highest BCUT2D eigenvalue weighted by Gasteiger charge is 2.19. The molecule has 1 aliphatic heterocycles. The summed E-state index contributed by atoms with van der Waals surface area (Å²) in [7, 11) is 0. The minimum absolute atomic E-state index is 0.0707. The SMILES string of the molecule is Nc1cccc2c1CN(CC(=O)NCc1cccs1)CC2. The van der Waals surface area contributed by atoms with E-state index in [1.807, 2.05) is 29.6 Å². The van der Waals surface area contributed by atoms with E-state index in [1.54, 1.807) is 11.3 Å². The Morgan fingerprint density at radius 2 is 2.24 bits per heavy atom. The molecule has 110 valence electrons. The first-order valence-electron chi connectivity index (χ1n) is 7.10. The summed E-state index contributed by atoms with van der Waals surface area (Å²) in [5, 5.41) is 4.99. The van der Waals surface area contributed by atoms with Gasteiger partial charge in [0.1, 0.15) is 0 Å². The summed E-state index contributed by atoms with van der Waals surface area (Å²) in [5.74, 6) is 0.0707. The molecule has 5 heteroatoms. The molecule has 21 heavy (non-hydrogen) atoms. The average molecular weight is 301 g/mol. The fraction of sp³-hybridized carbons (Fsp3) is 0.312. The highest BCUT2D eigenvalue weighted by atomic mass is 32.1. The Balaban J connectivity index is 1.54. The topological polar surface area (TPSA) is 58.4 Å². The van der Waals surface area contributed by atoms with E-state index in [1.165, 1.54) is 16.0 Å². The van der Waals surface area contributed by atoms with Crippen molar-refractivity contribution in [2.24, 2.45) is 0 Å². The first-order chi connectivity index (χ1) is 10.2. The van der Waals surface area contributed by atoms with Crippen LogP contribution < -0.4 is 11.1 Å². The Morgan fingerprint density at radius 1 is 1.33 bits per heavy atom. The molecule has 0 unspecified atom stereocenters. The number of nitrogens with two attached hydrogens (primary N) is 1. The molecule has 1 aromatic heterocycles. The van der Waals surface area contributed by atoms with Crippen LogP contribution >= 0.6 is 11.3 Å². The van der Waals surface area contributed by atoms with Crippen molar-refractivity contribution in [1.82, 2.24) is 10.2 Å². The highest BCUT2D eigenvalue weighted by Crippen LogP contribution is 2.23. The number of amides is 1.